The quantitative estimate of drug-likeness (QED) is 0.891. The summed E-state index contributed by atoms with van der Waals surface area (Å²) in [7, 11) is 0. The van der Waals surface area contributed by atoms with Gasteiger partial charge in [0.25, 0.3) is 0 Å². The molecule has 112 valence electrons. The molecule has 0 saturated heterocycles. The van der Waals surface area contributed by atoms with Crippen LogP contribution < -0.4 is 0 Å². The third-order valence-electron chi connectivity index (χ3n) is 3.57. The van der Waals surface area contributed by atoms with Crippen molar-refractivity contribution in [1.82, 2.24) is 19.7 Å². The molecule has 0 amide bonds. The molecule has 1 N–H and O–H groups in total. The summed E-state index contributed by atoms with van der Waals surface area (Å²) in [6.07, 6.45) is 2.30. The Hall–Kier alpha value is -2.15. The minimum Gasteiger partial charge on any atom is -0.481 e. The van der Waals surface area contributed by atoms with Crippen LogP contribution in [0.25, 0.3) is 0 Å². The van der Waals surface area contributed by atoms with Gasteiger partial charge in [0, 0.05) is 33.0 Å². The third-order valence-corrected chi connectivity index (χ3v) is 3.57. The Morgan fingerprint density at radius 3 is 3.00 bits per heavy atom. The summed E-state index contributed by atoms with van der Waals surface area (Å²) in [5.74, 6) is -0.105. The second-order valence-electron chi connectivity index (χ2n) is 5.31. The maximum Gasteiger partial charge on any atom is 0.303 e. The van der Waals surface area contributed by atoms with E-state index in [1.807, 2.05) is 17.7 Å². The number of fused-ring (bicyclic) bond motifs is 1. The monoisotopic (exact) mass is 290 g/mol. The van der Waals surface area contributed by atoms with Crippen LogP contribution in [-0.4, -0.2) is 37.3 Å². The average molecular weight is 290 g/mol. The number of carboxylic acid groups (broad SMARTS) is 1. The zero-order valence-corrected chi connectivity index (χ0v) is 11.9. The van der Waals surface area contributed by atoms with Crippen LogP contribution >= 0.6 is 0 Å². The molecule has 0 aliphatic carbocycles. The lowest BCUT2D eigenvalue weighted by Crippen LogP contribution is -2.33. The SMILES string of the molecule is Cc1nc(CN2CCn3nc(CCC(=O)O)cc3C2)co1. The fourth-order valence-electron chi connectivity index (χ4n) is 2.58. The number of nitrogens with zero attached hydrogens (tertiary/aromatic N) is 4. The molecule has 0 radical (unpaired) electrons. The summed E-state index contributed by atoms with van der Waals surface area (Å²) in [5.41, 5.74) is 2.92. The Morgan fingerprint density at radius 1 is 1.43 bits per heavy atom. The molecule has 21 heavy (non-hydrogen) atoms. The molecule has 3 rings (SSSR count). The van der Waals surface area contributed by atoms with E-state index in [9.17, 15) is 4.79 Å². The zero-order chi connectivity index (χ0) is 14.8. The summed E-state index contributed by atoms with van der Waals surface area (Å²) < 4.78 is 7.20. The Morgan fingerprint density at radius 2 is 2.29 bits per heavy atom. The Balaban J connectivity index is 1.63. The van der Waals surface area contributed by atoms with Crippen LogP contribution in [0.4, 0.5) is 0 Å². The van der Waals surface area contributed by atoms with E-state index < -0.39 is 5.97 Å². The van der Waals surface area contributed by atoms with Crippen molar-refractivity contribution in [2.75, 3.05) is 6.54 Å². The van der Waals surface area contributed by atoms with Crippen molar-refractivity contribution in [3.63, 3.8) is 0 Å². The first-order valence-corrected chi connectivity index (χ1v) is 7.01. The van der Waals surface area contributed by atoms with Gasteiger partial charge in [-0.2, -0.15) is 5.10 Å². The first-order valence-electron chi connectivity index (χ1n) is 7.01. The summed E-state index contributed by atoms with van der Waals surface area (Å²) in [4.78, 5) is 17.2. The molecule has 7 heteroatoms. The van der Waals surface area contributed by atoms with Crippen LogP contribution in [-0.2, 0) is 30.8 Å². The first-order chi connectivity index (χ1) is 10.1. The summed E-state index contributed by atoms with van der Waals surface area (Å²) >= 11 is 0. The van der Waals surface area contributed by atoms with Crippen LogP contribution in [0.5, 0.6) is 0 Å². The maximum absolute atomic E-state index is 10.6. The van der Waals surface area contributed by atoms with Gasteiger partial charge in [-0.15, -0.1) is 0 Å². The summed E-state index contributed by atoms with van der Waals surface area (Å²) in [6.45, 7) is 5.11. The Labute approximate surface area is 122 Å². The maximum atomic E-state index is 10.6. The van der Waals surface area contributed by atoms with Crippen molar-refractivity contribution in [1.29, 1.82) is 0 Å². The predicted molar refractivity (Wildman–Crippen MR) is 73.5 cm³/mol. The lowest BCUT2D eigenvalue weighted by molar-refractivity contribution is -0.136. The predicted octanol–water partition coefficient (Wildman–Crippen LogP) is 1.21. The molecule has 0 saturated carbocycles. The second-order valence-corrected chi connectivity index (χ2v) is 5.31. The number of carboxylic acids is 1. The van der Waals surface area contributed by atoms with E-state index in [0.29, 0.717) is 12.3 Å². The highest BCUT2D eigenvalue weighted by atomic mass is 16.4. The molecule has 7 nitrogen and oxygen atoms in total. The number of oxazole rings is 1. The van der Waals surface area contributed by atoms with Gasteiger partial charge in [0.15, 0.2) is 5.89 Å². The van der Waals surface area contributed by atoms with Gasteiger partial charge in [0.2, 0.25) is 0 Å². The fraction of sp³-hybridized carbons (Fsp3) is 0.500. The molecular weight excluding hydrogens is 272 g/mol. The first kappa shape index (κ1) is 13.8. The number of rotatable bonds is 5. The minimum atomic E-state index is -0.788. The molecule has 2 aromatic heterocycles. The van der Waals surface area contributed by atoms with Crippen molar-refractivity contribution in [3.8, 4) is 0 Å². The molecule has 3 heterocycles. The van der Waals surface area contributed by atoms with E-state index in [-0.39, 0.29) is 6.42 Å². The highest BCUT2D eigenvalue weighted by Crippen LogP contribution is 2.17. The number of carbonyl (C=O) groups is 1. The number of aromatic nitrogens is 3. The van der Waals surface area contributed by atoms with E-state index >= 15 is 0 Å². The van der Waals surface area contributed by atoms with Crippen molar-refractivity contribution in [2.24, 2.45) is 0 Å². The van der Waals surface area contributed by atoms with Gasteiger partial charge in [-0.05, 0) is 6.07 Å². The lowest BCUT2D eigenvalue weighted by Gasteiger charge is -2.26. The number of hydrogen-bond donors (Lipinski definition) is 1. The van der Waals surface area contributed by atoms with Crippen LogP contribution in [0.1, 0.15) is 29.4 Å². The molecule has 0 aromatic carbocycles. The minimum absolute atomic E-state index is 0.123. The third kappa shape index (κ3) is 3.30. The zero-order valence-electron chi connectivity index (χ0n) is 11.9. The van der Waals surface area contributed by atoms with E-state index in [1.54, 1.807) is 6.26 Å². The van der Waals surface area contributed by atoms with Gasteiger partial charge >= 0.3 is 5.97 Å². The summed E-state index contributed by atoms with van der Waals surface area (Å²) in [5, 5.41) is 13.2. The standard InChI is InChI=1S/C14H18N4O3/c1-10-15-12(9-21-10)7-17-4-5-18-13(8-17)6-11(16-18)2-3-14(19)20/h6,9H,2-5,7-8H2,1H3,(H,19,20). The van der Waals surface area contributed by atoms with Crippen molar-refractivity contribution >= 4 is 5.97 Å². The average Bonchev–Trinajstić information content (AvgIpc) is 3.02. The molecule has 1 aliphatic heterocycles. The second kappa shape index (κ2) is 5.69. The molecule has 0 unspecified atom stereocenters. The van der Waals surface area contributed by atoms with Crippen LogP contribution in [0.15, 0.2) is 16.7 Å². The van der Waals surface area contributed by atoms with E-state index in [1.165, 1.54) is 0 Å². The van der Waals surface area contributed by atoms with Crippen LogP contribution in [0.2, 0.25) is 0 Å². The highest BCUT2D eigenvalue weighted by Gasteiger charge is 2.19. The molecule has 1 aliphatic rings. The summed E-state index contributed by atoms with van der Waals surface area (Å²) in [6, 6.07) is 2.00. The van der Waals surface area contributed by atoms with Gasteiger partial charge in [-0.25, -0.2) is 4.98 Å². The Kier molecular flexibility index (Phi) is 3.74. The molecule has 2 aromatic rings. The molecule has 0 spiro atoms. The van der Waals surface area contributed by atoms with Gasteiger partial charge in [-0.1, -0.05) is 0 Å². The normalized spacial score (nSPS) is 15.1. The topological polar surface area (TPSA) is 84.4 Å². The van der Waals surface area contributed by atoms with E-state index in [4.69, 9.17) is 9.52 Å². The fourth-order valence-corrected chi connectivity index (χ4v) is 2.58. The van der Waals surface area contributed by atoms with E-state index in [2.05, 4.69) is 15.0 Å². The molecular formula is C14H18N4O3. The van der Waals surface area contributed by atoms with Crippen LogP contribution in [0.3, 0.4) is 0 Å². The molecule has 0 bridgehead atoms. The van der Waals surface area contributed by atoms with E-state index in [0.717, 1.165) is 43.3 Å². The molecule has 0 fully saturated rings. The van der Waals surface area contributed by atoms with Gasteiger partial charge < -0.3 is 9.52 Å². The number of aryl methyl sites for hydroxylation is 2. The highest BCUT2D eigenvalue weighted by molar-refractivity contribution is 5.66. The van der Waals surface area contributed by atoms with Crippen molar-refractivity contribution in [3.05, 3.63) is 35.3 Å². The van der Waals surface area contributed by atoms with Crippen molar-refractivity contribution in [2.45, 2.75) is 39.4 Å². The molecule has 0 atom stereocenters. The number of hydrogen-bond acceptors (Lipinski definition) is 5. The van der Waals surface area contributed by atoms with Gasteiger partial charge in [-0.3, -0.25) is 14.4 Å². The van der Waals surface area contributed by atoms with Crippen LogP contribution in [0, 0.1) is 6.92 Å². The van der Waals surface area contributed by atoms with Crippen molar-refractivity contribution < 1.29 is 14.3 Å². The Bertz CT molecular complexity index is 646. The van der Waals surface area contributed by atoms with Gasteiger partial charge in [0.05, 0.1) is 30.0 Å². The lowest BCUT2D eigenvalue weighted by atomic mass is 10.2. The smallest absolute Gasteiger partial charge is 0.303 e. The van der Waals surface area contributed by atoms with Gasteiger partial charge in [0.1, 0.15) is 6.26 Å². The number of aliphatic carboxylic acids is 1. The largest absolute Gasteiger partial charge is 0.481 e.